The summed E-state index contributed by atoms with van der Waals surface area (Å²) < 4.78 is 18.8. The maximum atomic E-state index is 14.3. The highest BCUT2D eigenvalue weighted by atomic mass is 16.7. The number of aliphatic hydroxyl groups excluding tert-OH is 4. The number of H-pyrrole nitrogens is 1. The monoisotopic (exact) mass is 837 g/mol. The standard InChI is InChI=1S/C42H72N6O11/c1-4-5-6-7-8-9-10-11-12-13-14-15-16-17-18-19-20-21-24-44-38(54)28-22-25-46(2)31(39(55)47(28)3)36(59-41-35(53)32(50)29(27-43)57-41)37-33(51)34(52)40(58-37)48-26-23-30(49)45-42(48)56/h22-23,26,29,31-37,40-41,50-53H,4-21,24-25,27,43H2,1-3H3,(H,44,54)(H,45,49,56)/t29?,31-,32?,33?,34?,35?,36-,37?,40?,41?/m0/s1. The molecule has 8 unspecified atom stereocenters. The van der Waals surface area contributed by atoms with Gasteiger partial charge in [-0.05, 0) is 19.5 Å². The molecule has 2 saturated heterocycles. The first-order valence-electron chi connectivity index (χ1n) is 22.1. The molecule has 2 fully saturated rings. The minimum absolute atomic E-state index is 0.0683. The van der Waals surface area contributed by atoms with Gasteiger partial charge in [-0.1, -0.05) is 116 Å². The van der Waals surface area contributed by atoms with Crippen LogP contribution in [0.3, 0.4) is 0 Å². The molecular weight excluding hydrogens is 764 g/mol. The summed E-state index contributed by atoms with van der Waals surface area (Å²) in [5, 5.41) is 46.6. The van der Waals surface area contributed by atoms with E-state index < -0.39 is 84.4 Å². The Balaban J connectivity index is 1.26. The second-order valence-electron chi connectivity index (χ2n) is 16.5. The first-order valence-corrected chi connectivity index (χ1v) is 22.1. The van der Waals surface area contributed by atoms with Crippen LogP contribution in [0.5, 0.6) is 0 Å². The molecule has 4 heterocycles. The SMILES string of the molecule is CCCCCCCCCCCCCCCCCCCCNC(=O)C1=CCN(C)[C@@H]([C@H](OC2OC(CN)C(O)C2O)C2OC(n3ccc(=O)[nH]c3=O)C(O)C2O)C(=O)N1C. The normalized spacial score (nSPS) is 28.2. The van der Waals surface area contributed by atoms with Crippen molar-refractivity contribution in [2.75, 3.05) is 33.7 Å². The van der Waals surface area contributed by atoms with Gasteiger partial charge in [0.2, 0.25) is 5.91 Å². The fourth-order valence-electron chi connectivity index (χ4n) is 8.26. The van der Waals surface area contributed by atoms with E-state index in [1.54, 1.807) is 18.0 Å². The van der Waals surface area contributed by atoms with Crippen LogP contribution in [0.4, 0.5) is 0 Å². The van der Waals surface area contributed by atoms with Gasteiger partial charge in [0.25, 0.3) is 11.5 Å². The Kier molecular flexibility index (Phi) is 20.7. The molecule has 0 aliphatic carbocycles. The number of nitrogens with one attached hydrogen (secondary N) is 2. The van der Waals surface area contributed by atoms with E-state index in [0.717, 1.165) is 36.1 Å². The maximum Gasteiger partial charge on any atom is 0.330 e. The van der Waals surface area contributed by atoms with Crippen LogP contribution in [0.15, 0.2) is 33.6 Å². The van der Waals surface area contributed by atoms with E-state index in [1.165, 1.54) is 108 Å². The Bertz CT molecular complexity index is 1570. The zero-order valence-corrected chi connectivity index (χ0v) is 35.4. The number of rotatable bonds is 26. The third-order valence-corrected chi connectivity index (χ3v) is 11.9. The lowest BCUT2D eigenvalue weighted by molar-refractivity contribution is -0.232. The zero-order valence-electron chi connectivity index (χ0n) is 35.4. The Hall–Kier alpha value is -3.00. The molecular formula is C42H72N6O11. The quantitative estimate of drug-likeness (QED) is 0.0660. The van der Waals surface area contributed by atoms with Crippen LogP contribution in [0, 0.1) is 0 Å². The Morgan fingerprint density at radius 1 is 0.831 bits per heavy atom. The molecule has 0 aromatic carbocycles. The zero-order chi connectivity index (χ0) is 42.9. The van der Waals surface area contributed by atoms with Crippen LogP contribution in [-0.4, -0.2) is 140 Å². The number of ether oxygens (including phenoxy) is 3. The van der Waals surface area contributed by atoms with E-state index in [9.17, 15) is 39.6 Å². The third-order valence-electron chi connectivity index (χ3n) is 11.9. The number of likely N-dealkylation sites (N-methyl/N-ethyl adjacent to an activating group) is 2. The van der Waals surface area contributed by atoms with Gasteiger partial charge in [0.15, 0.2) is 12.5 Å². The number of aromatic nitrogens is 2. The molecule has 10 atom stereocenters. The Labute approximate surface area is 348 Å². The predicted molar refractivity (Wildman–Crippen MR) is 221 cm³/mol. The van der Waals surface area contributed by atoms with Crippen LogP contribution in [0.1, 0.15) is 129 Å². The first kappa shape index (κ1) is 48.7. The minimum Gasteiger partial charge on any atom is -0.387 e. The highest BCUT2D eigenvalue weighted by molar-refractivity contribution is 5.99. The molecule has 3 aliphatic rings. The van der Waals surface area contributed by atoms with Gasteiger partial charge in [0.1, 0.15) is 54.5 Å². The average molecular weight is 837 g/mol. The van der Waals surface area contributed by atoms with E-state index in [2.05, 4.69) is 17.2 Å². The summed E-state index contributed by atoms with van der Waals surface area (Å²) in [5.41, 5.74) is 4.21. The van der Waals surface area contributed by atoms with Gasteiger partial charge in [-0.15, -0.1) is 0 Å². The maximum absolute atomic E-state index is 14.3. The largest absolute Gasteiger partial charge is 0.387 e. The van der Waals surface area contributed by atoms with Gasteiger partial charge in [0.05, 0.1) is 0 Å². The molecule has 1 aromatic rings. The molecule has 4 rings (SSSR count). The minimum atomic E-state index is -1.75. The lowest BCUT2D eigenvalue weighted by atomic mass is 9.97. The van der Waals surface area contributed by atoms with Crippen molar-refractivity contribution in [1.82, 2.24) is 24.7 Å². The summed E-state index contributed by atoms with van der Waals surface area (Å²) in [7, 11) is 3.03. The number of aromatic amines is 1. The van der Waals surface area contributed by atoms with E-state index in [4.69, 9.17) is 19.9 Å². The highest BCUT2D eigenvalue weighted by Gasteiger charge is 2.55. The van der Waals surface area contributed by atoms with Crippen LogP contribution in [0.2, 0.25) is 0 Å². The van der Waals surface area contributed by atoms with Crippen LogP contribution >= 0.6 is 0 Å². The van der Waals surface area contributed by atoms with Gasteiger partial charge in [-0.2, -0.15) is 0 Å². The van der Waals surface area contributed by atoms with Crippen molar-refractivity contribution in [3.05, 3.63) is 44.9 Å². The van der Waals surface area contributed by atoms with Gasteiger partial charge in [-0.3, -0.25) is 28.8 Å². The van der Waals surface area contributed by atoms with Crippen LogP contribution < -0.4 is 22.3 Å². The lowest BCUT2D eigenvalue weighted by Gasteiger charge is -2.38. The first-order chi connectivity index (χ1) is 28.4. The second-order valence-corrected chi connectivity index (χ2v) is 16.5. The molecule has 0 bridgehead atoms. The third kappa shape index (κ3) is 13.8. The van der Waals surface area contributed by atoms with Crippen molar-refractivity contribution in [3.63, 3.8) is 0 Å². The molecule has 2 amide bonds. The molecule has 3 aliphatic heterocycles. The van der Waals surface area contributed by atoms with Crippen molar-refractivity contribution in [2.24, 2.45) is 5.73 Å². The van der Waals surface area contributed by atoms with Crippen molar-refractivity contribution >= 4 is 11.8 Å². The summed E-state index contributed by atoms with van der Waals surface area (Å²) in [5.74, 6) is -1.07. The fourth-order valence-corrected chi connectivity index (χ4v) is 8.26. The van der Waals surface area contributed by atoms with Crippen molar-refractivity contribution in [2.45, 2.75) is 184 Å². The number of aliphatic hydroxyl groups is 4. The van der Waals surface area contributed by atoms with Crippen molar-refractivity contribution < 1.29 is 44.2 Å². The molecule has 0 spiro atoms. The number of hydrogen-bond acceptors (Lipinski definition) is 13. The summed E-state index contributed by atoms with van der Waals surface area (Å²) in [6.45, 7) is 2.61. The molecule has 17 heteroatoms. The highest BCUT2D eigenvalue weighted by Crippen LogP contribution is 2.36. The molecule has 17 nitrogen and oxygen atoms in total. The van der Waals surface area contributed by atoms with E-state index in [-0.39, 0.29) is 18.8 Å². The Morgan fingerprint density at radius 3 is 1.92 bits per heavy atom. The van der Waals surface area contributed by atoms with Crippen molar-refractivity contribution in [1.29, 1.82) is 0 Å². The summed E-state index contributed by atoms with van der Waals surface area (Å²) in [4.78, 5) is 56.9. The second kappa shape index (κ2) is 25.1. The fraction of sp³-hybridized carbons (Fsp3) is 0.810. The predicted octanol–water partition coefficient (Wildman–Crippen LogP) is 1.76. The molecule has 1 aromatic heterocycles. The number of unbranched alkanes of at least 4 members (excludes halogenated alkanes) is 17. The van der Waals surface area contributed by atoms with Crippen molar-refractivity contribution in [3.8, 4) is 0 Å². The lowest BCUT2D eigenvalue weighted by Crippen LogP contribution is -2.59. The van der Waals surface area contributed by atoms with Gasteiger partial charge in [-0.25, -0.2) is 4.79 Å². The summed E-state index contributed by atoms with van der Waals surface area (Å²) in [6.07, 6.45) is 11.9. The van der Waals surface area contributed by atoms with E-state index in [1.807, 2.05) is 0 Å². The molecule has 8 N–H and O–H groups in total. The van der Waals surface area contributed by atoms with E-state index in [0.29, 0.717) is 6.54 Å². The number of carbonyl (C=O) groups is 2. The number of amides is 2. The smallest absolute Gasteiger partial charge is 0.330 e. The number of hydrogen-bond donors (Lipinski definition) is 7. The molecule has 0 saturated carbocycles. The molecule has 336 valence electrons. The topological polar surface area (TPSA) is 242 Å². The summed E-state index contributed by atoms with van der Waals surface area (Å²) in [6, 6.07) is -0.265. The van der Waals surface area contributed by atoms with Crippen LogP contribution in [0.25, 0.3) is 0 Å². The van der Waals surface area contributed by atoms with E-state index >= 15 is 0 Å². The van der Waals surface area contributed by atoms with Gasteiger partial charge in [0, 0.05) is 38.9 Å². The number of nitrogens with zero attached hydrogens (tertiary/aromatic N) is 3. The number of nitrogens with two attached hydrogens (primary N) is 1. The van der Waals surface area contributed by atoms with Gasteiger partial charge < -0.3 is 50.6 Å². The summed E-state index contributed by atoms with van der Waals surface area (Å²) >= 11 is 0. The van der Waals surface area contributed by atoms with Gasteiger partial charge >= 0.3 is 5.69 Å². The molecule has 0 radical (unpaired) electrons. The molecule has 59 heavy (non-hydrogen) atoms. The Morgan fingerprint density at radius 2 is 1.39 bits per heavy atom. The van der Waals surface area contributed by atoms with Crippen LogP contribution in [-0.2, 0) is 23.8 Å². The number of carbonyl (C=O) groups excluding carboxylic acids is 2. The average Bonchev–Trinajstić information content (AvgIpc) is 3.62.